The molecule has 0 unspecified atom stereocenters. The number of carbonyl (C=O) groups is 2. The van der Waals surface area contributed by atoms with Crippen molar-refractivity contribution in [1.82, 2.24) is 10.0 Å². The molecule has 0 atom stereocenters. The van der Waals surface area contributed by atoms with E-state index < -0.39 is 16.1 Å². The Morgan fingerprint density at radius 1 is 1.04 bits per heavy atom. The fourth-order valence-corrected chi connectivity index (χ4v) is 4.47. The molecule has 7 nitrogen and oxygen atoms in total. The summed E-state index contributed by atoms with van der Waals surface area (Å²) in [5.74, 6) is -0.652. The van der Waals surface area contributed by atoms with Crippen LogP contribution in [0.5, 0.6) is 0 Å². The Balaban J connectivity index is 1.71. The number of carbonyl (C=O) groups excluding carboxylic acids is 2. The number of fused-ring (bicyclic) bond motifs is 2. The average Bonchev–Trinajstić information content (AvgIpc) is 3.14. The molecular weight excluding hydrogens is 342 g/mol. The minimum absolute atomic E-state index is 0.0337. The SMILES string of the molecule is CC(=O)NCCS(=O)(=O)NC(=O)Nc1c2c(cc3c1CCC3)CCC2. The van der Waals surface area contributed by atoms with Crippen LogP contribution < -0.4 is 15.4 Å². The molecule has 8 heteroatoms. The van der Waals surface area contributed by atoms with Crippen molar-refractivity contribution in [3.63, 3.8) is 0 Å². The smallest absolute Gasteiger partial charge is 0.332 e. The van der Waals surface area contributed by atoms with Crippen LogP contribution in [0.1, 0.15) is 42.0 Å². The van der Waals surface area contributed by atoms with Gasteiger partial charge in [-0.2, -0.15) is 0 Å². The van der Waals surface area contributed by atoms with Gasteiger partial charge in [0, 0.05) is 19.2 Å². The Labute approximate surface area is 147 Å². The highest BCUT2D eigenvalue weighted by Gasteiger charge is 2.25. The van der Waals surface area contributed by atoms with Crippen LogP contribution in [0.4, 0.5) is 10.5 Å². The largest absolute Gasteiger partial charge is 0.355 e. The summed E-state index contributed by atoms with van der Waals surface area (Å²) in [5.41, 5.74) is 5.63. The van der Waals surface area contributed by atoms with Crippen LogP contribution in [0.3, 0.4) is 0 Å². The molecule has 3 amide bonds. The van der Waals surface area contributed by atoms with Gasteiger partial charge < -0.3 is 10.6 Å². The lowest BCUT2D eigenvalue weighted by molar-refractivity contribution is -0.118. The van der Waals surface area contributed by atoms with Gasteiger partial charge in [-0.05, 0) is 60.8 Å². The maximum Gasteiger partial charge on any atom is 0.332 e. The molecule has 3 rings (SSSR count). The molecule has 136 valence electrons. The summed E-state index contributed by atoms with van der Waals surface area (Å²) in [4.78, 5) is 23.0. The molecule has 2 aliphatic carbocycles. The number of urea groups is 1. The van der Waals surface area contributed by atoms with Crippen LogP contribution in [0.25, 0.3) is 0 Å². The van der Waals surface area contributed by atoms with E-state index in [0.29, 0.717) is 0 Å². The molecule has 0 aromatic heterocycles. The van der Waals surface area contributed by atoms with Crippen molar-refractivity contribution in [2.45, 2.75) is 45.4 Å². The van der Waals surface area contributed by atoms with E-state index in [-0.39, 0.29) is 18.2 Å². The highest BCUT2D eigenvalue weighted by atomic mass is 32.2. The minimum Gasteiger partial charge on any atom is -0.355 e. The predicted octanol–water partition coefficient (Wildman–Crippen LogP) is 1.25. The second kappa shape index (κ2) is 7.03. The van der Waals surface area contributed by atoms with Crippen molar-refractivity contribution in [3.05, 3.63) is 28.3 Å². The van der Waals surface area contributed by atoms with E-state index in [1.165, 1.54) is 18.1 Å². The molecule has 0 radical (unpaired) electrons. The fraction of sp³-hybridized carbons (Fsp3) is 0.529. The lowest BCUT2D eigenvalue weighted by Crippen LogP contribution is -2.39. The zero-order chi connectivity index (χ0) is 18.0. The first-order valence-corrected chi connectivity index (χ1v) is 10.2. The first-order valence-electron chi connectivity index (χ1n) is 8.58. The lowest BCUT2D eigenvalue weighted by atomic mass is 9.99. The van der Waals surface area contributed by atoms with Gasteiger partial charge in [0.05, 0.1) is 5.75 Å². The standard InChI is InChI=1S/C17H23N3O4S/c1-11(21)18-8-9-25(23,24)20-17(22)19-16-14-6-2-4-12(14)10-13-5-3-7-15(13)16/h10H,2-9H2,1H3,(H,18,21)(H2,19,20,22). The van der Waals surface area contributed by atoms with Crippen molar-refractivity contribution < 1.29 is 18.0 Å². The Hall–Kier alpha value is -2.09. The van der Waals surface area contributed by atoms with Crippen molar-refractivity contribution in [1.29, 1.82) is 0 Å². The Kier molecular flexibility index (Phi) is 4.99. The molecule has 1 aromatic rings. The highest BCUT2D eigenvalue weighted by Crippen LogP contribution is 2.38. The summed E-state index contributed by atoms with van der Waals surface area (Å²) in [6, 6.07) is 1.51. The summed E-state index contributed by atoms with van der Waals surface area (Å²) in [5, 5.41) is 5.18. The molecule has 0 saturated carbocycles. The van der Waals surface area contributed by atoms with E-state index >= 15 is 0 Å². The van der Waals surface area contributed by atoms with E-state index in [2.05, 4.69) is 16.7 Å². The van der Waals surface area contributed by atoms with E-state index in [1.54, 1.807) is 0 Å². The minimum atomic E-state index is -3.80. The van der Waals surface area contributed by atoms with E-state index in [9.17, 15) is 18.0 Å². The van der Waals surface area contributed by atoms with Gasteiger partial charge in [-0.25, -0.2) is 17.9 Å². The zero-order valence-corrected chi connectivity index (χ0v) is 15.1. The van der Waals surface area contributed by atoms with Gasteiger partial charge in [0.1, 0.15) is 0 Å². The molecule has 2 aliphatic rings. The summed E-state index contributed by atoms with van der Waals surface area (Å²) in [6.45, 7) is 1.28. The number of nitrogens with one attached hydrogen (secondary N) is 3. The molecule has 25 heavy (non-hydrogen) atoms. The first-order chi connectivity index (χ1) is 11.9. The summed E-state index contributed by atoms with van der Waals surface area (Å²) in [6.07, 6.45) is 5.95. The van der Waals surface area contributed by atoms with Gasteiger partial charge >= 0.3 is 6.03 Å². The van der Waals surface area contributed by atoms with E-state index in [4.69, 9.17) is 0 Å². The van der Waals surface area contributed by atoms with E-state index in [0.717, 1.165) is 55.3 Å². The third-order valence-electron chi connectivity index (χ3n) is 4.70. The topological polar surface area (TPSA) is 104 Å². The van der Waals surface area contributed by atoms with Gasteiger partial charge in [-0.15, -0.1) is 0 Å². The van der Waals surface area contributed by atoms with Crippen LogP contribution in [0, 0.1) is 0 Å². The monoisotopic (exact) mass is 365 g/mol. The Bertz CT molecular complexity index is 785. The summed E-state index contributed by atoms with van der Waals surface area (Å²) >= 11 is 0. The van der Waals surface area contributed by atoms with Crippen molar-refractivity contribution in [2.24, 2.45) is 0 Å². The van der Waals surface area contributed by atoms with Gasteiger partial charge in [0.25, 0.3) is 0 Å². The number of anilines is 1. The number of sulfonamides is 1. The number of hydrogen-bond donors (Lipinski definition) is 3. The van der Waals surface area contributed by atoms with Crippen molar-refractivity contribution in [3.8, 4) is 0 Å². The van der Waals surface area contributed by atoms with E-state index in [1.807, 2.05) is 4.72 Å². The molecule has 0 spiro atoms. The van der Waals surface area contributed by atoms with Gasteiger partial charge in [0.2, 0.25) is 15.9 Å². The number of rotatable bonds is 5. The first kappa shape index (κ1) is 17.7. The molecule has 1 aromatic carbocycles. The fourth-order valence-electron chi connectivity index (χ4n) is 3.66. The molecule has 0 aliphatic heterocycles. The second-order valence-corrected chi connectivity index (χ2v) is 8.43. The normalized spacial score (nSPS) is 15.4. The highest BCUT2D eigenvalue weighted by molar-refractivity contribution is 7.90. The second-order valence-electron chi connectivity index (χ2n) is 6.59. The van der Waals surface area contributed by atoms with Crippen LogP contribution in [0.15, 0.2) is 6.07 Å². The van der Waals surface area contributed by atoms with Gasteiger partial charge in [-0.1, -0.05) is 6.07 Å². The van der Waals surface area contributed by atoms with Crippen LogP contribution in [0.2, 0.25) is 0 Å². The third kappa shape index (κ3) is 4.12. The summed E-state index contributed by atoms with van der Waals surface area (Å²) < 4.78 is 25.9. The van der Waals surface area contributed by atoms with Gasteiger partial charge in [0.15, 0.2) is 0 Å². The molecule has 0 bridgehead atoms. The number of benzene rings is 1. The maximum atomic E-state index is 12.2. The van der Waals surface area contributed by atoms with Crippen molar-refractivity contribution >= 4 is 27.6 Å². The lowest BCUT2D eigenvalue weighted by Gasteiger charge is -2.16. The van der Waals surface area contributed by atoms with Crippen LogP contribution in [-0.2, 0) is 40.5 Å². The molecule has 0 heterocycles. The molecule has 0 fully saturated rings. The Morgan fingerprint density at radius 3 is 2.20 bits per heavy atom. The van der Waals surface area contributed by atoms with Crippen molar-refractivity contribution in [2.75, 3.05) is 17.6 Å². The zero-order valence-electron chi connectivity index (χ0n) is 14.3. The number of amides is 3. The third-order valence-corrected chi connectivity index (χ3v) is 5.94. The molecular formula is C17H23N3O4S. The summed E-state index contributed by atoms with van der Waals surface area (Å²) in [7, 11) is -3.80. The maximum absolute atomic E-state index is 12.2. The number of hydrogen-bond acceptors (Lipinski definition) is 4. The number of aryl methyl sites for hydroxylation is 2. The predicted molar refractivity (Wildman–Crippen MR) is 95.1 cm³/mol. The Morgan fingerprint density at radius 2 is 1.64 bits per heavy atom. The van der Waals surface area contributed by atoms with Crippen LogP contribution >= 0.6 is 0 Å². The van der Waals surface area contributed by atoms with Gasteiger partial charge in [-0.3, -0.25) is 4.79 Å². The molecule has 0 saturated heterocycles. The quantitative estimate of drug-likeness (QED) is 0.730. The van der Waals surface area contributed by atoms with Crippen LogP contribution in [-0.4, -0.2) is 32.7 Å². The molecule has 3 N–H and O–H groups in total. The average molecular weight is 365 g/mol.